The zero-order valence-electron chi connectivity index (χ0n) is 16.7. The van der Waals surface area contributed by atoms with Crippen LogP contribution >= 0.6 is 0 Å². The van der Waals surface area contributed by atoms with E-state index >= 15 is 0 Å². The Hall–Kier alpha value is -3.19. The zero-order chi connectivity index (χ0) is 21.1. The molecule has 0 saturated carbocycles. The van der Waals surface area contributed by atoms with Crippen molar-refractivity contribution >= 4 is 23.1 Å². The summed E-state index contributed by atoms with van der Waals surface area (Å²) in [6.45, 7) is 3.25. The van der Waals surface area contributed by atoms with Gasteiger partial charge in [0.25, 0.3) is 0 Å². The summed E-state index contributed by atoms with van der Waals surface area (Å²) in [4.78, 5) is 34.2. The predicted octanol–water partition coefficient (Wildman–Crippen LogP) is 3.60. The van der Waals surface area contributed by atoms with Crippen LogP contribution in [0, 0.1) is 5.82 Å². The van der Waals surface area contributed by atoms with Crippen molar-refractivity contribution < 1.29 is 18.7 Å². The van der Waals surface area contributed by atoms with Gasteiger partial charge in [-0.1, -0.05) is 24.3 Å². The Bertz CT molecular complexity index is 1030. The highest BCUT2D eigenvalue weighted by atomic mass is 19.1. The van der Waals surface area contributed by atoms with Gasteiger partial charge in [-0.2, -0.15) is 0 Å². The monoisotopic (exact) mass is 407 g/mol. The lowest BCUT2D eigenvalue weighted by Crippen LogP contribution is -2.42. The molecule has 0 amide bonds. The fourth-order valence-electron chi connectivity index (χ4n) is 3.65. The number of hydrogen-bond acceptors (Lipinski definition) is 6. The minimum atomic E-state index is -0.507. The molecule has 0 N–H and O–H groups in total. The van der Waals surface area contributed by atoms with Gasteiger partial charge in [0, 0.05) is 49.3 Å². The number of hydrogen-bond donors (Lipinski definition) is 0. The highest BCUT2D eigenvalue weighted by Gasteiger charge is 2.26. The number of ketones is 2. The Morgan fingerprint density at radius 1 is 1.20 bits per heavy atom. The fourth-order valence-corrected chi connectivity index (χ4v) is 3.65. The van der Waals surface area contributed by atoms with Crippen LogP contribution in [-0.2, 0) is 9.53 Å². The van der Waals surface area contributed by atoms with Crippen molar-refractivity contribution in [2.75, 3.05) is 19.7 Å². The summed E-state index contributed by atoms with van der Waals surface area (Å²) in [5.74, 6) is 0.182. The van der Waals surface area contributed by atoms with Crippen LogP contribution in [0.2, 0.25) is 0 Å². The molecular weight excluding hydrogens is 385 g/mol. The Balaban J connectivity index is 1.58. The molecule has 2 aliphatic heterocycles. The zero-order valence-corrected chi connectivity index (χ0v) is 16.7. The molecule has 1 saturated heterocycles. The number of morpholine rings is 1. The summed E-state index contributed by atoms with van der Waals surface area (Å²) in [6, 6.07) is 8.94. The van der Waals surface area contributed by atoms with Crippen LogP contribution in [0.3, 0.4) is 0 Å². The maximum Gasteiger partial charge on any atom is 0.159 e. The number of aromatic nitrogens is 1. The van der Waals surface area contributed by atoms with E-state index < -0.39 is 5.82 Å². The third-order valence-corrected chi connectivity index (χ3v) is 5.31. The molecule has 7 heteroatoms. The van der Waals surface area contributed by atoms with Crippen LogP contribution in [0.1, 0.15) is 47.4 Å². The largest absolute Gasteiger partial charge is 0.370 e. The van der Waals surface area contributed by atoms with E-state index in [1.807, 2.05) is 12.1 Å². The van der Waals surface area contributed by atoms with Crippen LogP contribution in [0.15, 0.2) is 53.8 Å². The quantitative estimate of drug-likeness (QED) is 0.727. The number of carbonyl (C=O) groups is 2. The fraction of sp³-hybridized carbons (Fsp3) is 0.304. The number of amidine groups is 1. The van der Waals surface area contributed by atoms with Crippen molar-refractivity contribution in [2.45, 2.75) is 25.9 Å². The Kier molecular flexibility index (Phi) is 5.81. The number of ether oxygens (including phenoxy) is 1. The molecular formula is C23H22FN3O3. The number of Topliss-reactive ketones (excluding diaryl/α,β-unsaturated/α-hetero) is 1. The van der Waals surface area contributed by atoms with Gasteiger partial charge in [-0.05, 0) is 18.6 Å². The van der Waals surface area contributed by atoms with Gasteiger partial charge in [0.1, 0.15) is 11.9 Å². The second-order valence-electron chi connectivity index (χ2n) is 7.36. The topological polar surface area (TPSA) is 71.9 Å². The number of halogens is 1. The molecule has 3 heterocycles. The molecule has 2 aliphatic rings. The van der Waals surface area contributed by atoms with Gasteiger partial charge >= 0.3 is 0 Å². The lowest BCUT2D eigenvalue weighted by atomic mass is 10.0. The van der Waals surface area contributed by atoms with Crippen molar-refractivity contribution in [2.24, 2.45) is 4.99 Å². The molecule has 2 aromatic rings. The molecule has 6 nitrogen and oxygen atoms in total. The van der Waals surface area contributed by atoms with Gasteiger partial charge in [0.05, 0.1) is 18.5 Å². The molecule has 1 aromatic carbocycles. The van der Waals surface area contributed by atoms with Gasteiger partial charge in [0.15, 0.2) is 17.4 Å². The Labute approximate surface area is 174 Å². The molecule has 0 unspecified atom stereocenters. The van der Waals surface area contributed by atoms with Gasteiger partial charge in [0.2, 0.25) is 0 Å². The van der Waals surface area contributed by atoms with E-state index in [-0.39, 0.29) is 23.2 Å². The van der Waals surface area contributed by atoms with E-state index in [1.165, 1.54) is 25.3 Å². The van der Waals surface area contributed by atoms with Crippen LogP contribution < -0.4 is 0 Å². The number of benzene rings is 1. The summed E-state index contributed by atoms with van der Waals surface area (Å²) in [5, 5.41) is 0. The van der Waals surface area contributed by atoms with Gasteiger partial charge < -0.3 is 9.64 Å². The van der Waals surface area contributed by atoms with E-state index in [0.717, 1.165) is 17.6 Å². The molecule has 0 bridgehead atoms. The first-order valence-corrected chi connectivity index (χ1v) is 9.90. The van der Waals surface area contributed by atoms with Gasteiger partial charge in [-0.25, -0.2) is 9.38 Å². The second-order valence-corrected chi connectivity index (χ2v) is 7.36. The summed E-state index contributed by atoms with van der Waals surface area (Å²) >= 11 is 0. The number of pyridine rings is 1. The molecule has 0 spiro atoms. The average molecular weight is 407 g/mol. The highest BCUT2D eigenvalue weighted by Crippen LogP contribution is 2.27. The van der Waals surface area contributed by atoms with Gasteiger partial charge in [-0.15, -0.1) is 0 Å². The normalized spacial score (nSPS) is 19.7. The number of nitrogens with zero attached hydrogens (tertiary/aromatic N) is 3. The summed E-state index contributed by atoms with van der Waals surface area (Å²) in [5.41, 5.74) is 2.22. The number of carbonyl (C=O) groups excluding carboxylic acids is 2. The molecule has 1 atom stereocenters. The minimum absolute atomic E-state index is 0.0212. The van der Waals surface area contributed by atoms with Crippen LogP contribution in [0.5, 0.6) is 0 Å². The van der Waals surface area contributed by atoms with Crippen molar-refractivity contribution in [3.05, 3.63) is 71.3 Å². The van der Waals surface area contributed by atoms with E-state index in [4.69, 9.17) is 4.74 Å². The Morgan fingerprint density at radius 3 is 2.73 bits per heavy atom. The average Bonchev–Trinajstić information content (AvgIpc) is 2.96. The summed E-state index contributed by atoms with van der Waals surface area (Å²) < 4.78 is 20.2. The third kappa shape index (κ3) is 4.36. The van der Waals surface area contributed by atoms with E-state index in [0.29, 0.717) is 43.8 Å². The maximum absolute atomic E-state index is 14.2. The lowest BCUT2D eigenvalue weighted by Gasteiger charge is -2.35. The number of aliphatic imine (C=N–C) groups is 1. The van der Waals surface area contributed by atoms with Crippen molar-refractivity contribution in [1.82, 2.24) is 9.88 Å². The number of rotatable bonds is 3. The summed E-state index contributed by atoms with van der Waals surface area (Å²) in [7, 11) is 0. The third-order valence-electron chi connectivity index (χ3n) is 5.31. The molecule has 4 rings (SSSR count). The van der Waals surface area contributed by atoms with Gasteiger partial charge in [-0.3, -0.25) is 14.6 Å². The van der Waals surface area contributed by atoms with Crippen LogP contribution in [0.25, 0.3) is 5.70 Å². The van der Waals surface area contributed by atoms with Crippen molar-refractivity contribution in [1.29, 1.82) is 0 Å². The standard InChI is InChI=1S/C23H22FN3O3/c1-15(28)16-2-4-17(5-3-16)22-14-27(10-11-30-22)23-7-6-18(29)12-21(26-23)19-8-9-25-13-20(19)24/h2-5,8-9,12-13,22H,6-7,10-11,14H2,1H3/t22-/m1/s1. The number of allylic oxidation sites excluding steroid dienone is 1. The Morgan fingerprint density at radius 2 is 2.00 bits per heavy atom. The van der Waals surface area contributed by atoms with Crippen molar-refractivity contribution in [3.8, 4) is 0 Å². The predicted molar refractivity (Wildman–Crippen MR) is 111 cm³/mol. The summed E-state index contributed by atoms with van der Waals surface area (Å²) in [6.07, 6.45) is 4.65. The molecule has 30 heavy (non-hydrogen) atoms. The molecule has 0 radical (unpaired) electrons. The minimum Gasteiger partial charge on any atom is -0.370 e. The smallest absolute Gasteiger partial charge is 0.159 e. The highest BCUT2D eigenvalue weighted by molar-refractivity contribution is 6.03. The van der Waals surface area contributed by atoms with E-state index in [9.17, 15) is 14.0 Å². The van der Waals surface area contributed by atoms with E-state index in [1.54, 1.807) is 12.1 Å². The lowest BCUT2D eigenvalue weighted by molar-refractivity contribution is -0.114. The first kappa shape index (κ1) is 20.1. The van der Waals surface area contributed by atoms with Crippen molar-refractivity contribution in [3.63, 3.8) is 0 Å². The maximum atomic E-state index is 14.2. The molecule has 154 valence electrons. The van der Waals surface area contributed by atoms with Crippen LogP contribution in [0.4, 0.5) is 4.39 Å². The first-order chi connectivity index (χ1) is 14.5. The first-order valence-electron chi connectivity index (χ1n) is 9.90. The second kappa shape index (κ2) is 8.67. The SMILES string of the molecule is CC(=O)c1ccc([C@H]2CN(C3=NC(c4ccncc4F)=CC(=O)CC3)CCO2)cc1. The molecule has 1 aromatic heterocycles. The molecule has 1 fully saturated rings. The van der Waals surface area contributed by atoms with E-state index in [2.05, 4.69) is 14.9 Å². The molecule has 0 aliphatic carbocycles. The van der Waals surface area contributed by atoms with Crippen LogP contribution in [-0.4, -0.2) is 47.0 Å².